The molecular formula is C9H17NO. The predicted molar refractivity (Wildman–Crippen MR) is 44.2 cm³/mol. The van der Waals surface area contributed by atoms with Gasteiger partial charge in [-0.1, -0.05) is 0 Å². The number of rotatable bonds is 2. The summed E-state index contributed by atoms with van der Waals surface area (Å²) in [4.78, 5) is 0. The van der Waals surface area contributed by atoms with Crippen molar-refractivity contribution in [3.63, 3.8) is 0 Å². The quantitative estimate of drug-likeness (QED) is 0.649. The molecule has 2 aliphatic carbocycles. The van der Waals surface area contributed by atoms with E-state index >= 15 is 0 Å². The van der Waals surface area contributed by atoms with E-state index in [1.165, 1.54) is 25.7 Å². The van der Waals surface area contributed by atoms with Crippen molar-refractivity contribution in [2.45, 2.75) is 31.3 Å². The van der Waals surface area contributed by atoms with Crippen molar-refractivity contribution in [3.05, 3.63) is 0 Å². The van der Waals surface area contributed by atoms with Crippen LogP contribution in [0.4, 0.5) is 0 Å². The molecule has 3 atom stereocenters. The fourth-order valence-electron chi connectivity index (χ4n) is 2.81. The number of fused-ring (bicyclic) bond motifs is 1. The second-order valence-electron chi connectivity index (χ2n) is 3.96. The lowest BCUT2D eigenvalue weighted by molar-refractivity contribution is -0.0655. The molecule has 2 fully saturated rings. The van der Waals surface area contributed by atoms with Gasteiger partial charge in [-0.05, 0) is 37.5 Å². The zero-order valence-electron chi connectivity index (χ0n) is 7.18. The average Bonchev–Trinajstić information content (AvgIpc) is 2.23. The van der Waals surface area contributed by atoms with Crippen molar-refractivity contribution in [1.82, 2.24) is 0 Å². The molecule has 0 bridgehead atoms. The normalized spacial score (nSPS) is 48.5. The Morgan fingerprint density at radius 3 is 2.55 bits per heavy atom. The van der Waals surface area contributed by atoms with Gasteiger partial charge in [0.15, 0.2) is 0 Å². The third kappa shape index (κ3) is 0.859. The summed E-state index contributed by atoms with van der Waals surface area (Å²) >= 11 is 0. The van der Waals surface area contributed by atoms with Gasteiger partial charge in [0.05, 0.1) is 5.60 Å². The number of ether oxygens (including phenoxy) is 1. The predicted octanol–water partition coefficient (Wildman–Crippen LogP) is 1.15. The van der Waals surface area contributed by atoms with E-state index in [-0.39, 0.29) is 5.60 Å². The lowest BCUT2D eigenvalue weighted by atomic mass is 9.71. The Labute approximate surface area is 68.1 Å². The van der Waals surface area contributed by atoms with Crippen LogP contribution in [0, 0.1) is 11.8 Å². The average molecular weight is 155 g/mol. The van der Waals surface area contributed by atoms with Crippen molar-refractivity contribution in [1.29, 1.82) is 0 Å². The molecule has 2 rings (SSSR count). The third-order valence-electron chi connectivity index (χ3n) is 3.78. The van der Waals surface area contributed by atoms with E-state index in [2.05, 4.69) is 0 Å². The molecule has 0 radical (unpaired) electrons. The molecule has 64 valence electrons. The van der Waals surface area contributed by atoms with Gasteiger partial charge in [-0.3, -0.25) is 0 Å². The Hall–Kier alpha value is -0.0800. The molecule has 2 aliphatic rings. The molecule has 2 saturated carbocycles. The van der Waals surface area contributed by atoms with Crippen LogP contribution in [0.3, 0.4) is 0 Å². The van der Waals surface area contributed by atoms with Gasteiger partial charge in [-0.2, -0.15) is 0 Å². The topological polar surface area (TPSA) is 35.2 Å². The molecule has 0 aliphatic heterocycles. The van der Waals surface area contributed by atoms with Crippen molar-refractivity contribution in [3.8, 4) is 0 Å². The van der Waals surface area contributed by atoms with Crippen LogP contribution < -0.4 is 5.73 Å². The van der Waals surface area contributed by atoms with E-state index in [9.17, 15) is 0 Å². The standard InChI is InChI=1S/C9H17NO/c1-11-9(6-10)5-4-7-2-3-8(7)9/h7-8H,2-6,10H2,1H3/t7-,8-,9?/m0/s1. The van der Waals surface area contributed by atoms with Gasteiger partial charge in [0.25, 0.3) is 0 Å². The number of hydrogen-bond donors (Lipinski definition) is 1. The van der Waals surface area contributed by atoms with Gasteiger partial charge in [-0.15, -0.1) is 0 Å². The van der Waals surface area contributed by atoms with Crippen molar-refractivity contribution in [2.24, 2.45) is 17.6 Å². The van der Waals surface area contributed by atoms with Gasteiger partial charge in [0.1, 0.15) is 0 Å². The van der Waals surface area contributed by atoms with E-state index in [1.807, 2.05) is 7.11 Å². The van der Waals surface area contributed by atoms with Crippen molar-refractivity contribution >= 4 is 0 Å². The molecule has 0 saturated heterocycles. The number of nitrogens with two attached hydrogens (primary N) is 1. The molecule has 2 heteroatoms. The summed E-state index contributed by atoms with van der Waals surface area (Å²) in [5.41, 5.74) is 5.81. The second-order valence-corrected chi connectivity index (χ2v) is 3.96. The van der Waals surface area contributed by atoms with Gasteiger partial charge >= 0.3 is 0 Å². The number of methoxy groups -OCH3 is 1. The van der Waals surface area contributed by atoms with E-state index in [0.717, 1.165) is 11.8 Å². The van der Waals surface area contributed by atoms with Crippen LogP contribution in [-0.4, -0.2) is 19.3 Å². The molecule has 0 spiro atoms. The molecule has 2 N–H and O–H groups in total. The van der Waals surface area contributed by atoms with Gasteiger partial charge in [0.2, 0.25) is 0 Å². The second kappa shape index (κ2) is 2.46. The summed E-state index contributed by atoms with van der Waals surface area (Å²) < 4.78 is 5.56. The summed E-state index contributed by atoms with van der Waals surface area (Å²) in [7, 11) is 1.81. The first kappa shape index (κ1) is 7.56. The van der Waals surface area contributed by atoms with Crippen LogP contribution in [0.1, 0.15) is 25.7 Å². The first-order chi connectivity index (χ1) is 5.32. The molecule has 2 nitrogen and oxygen atoms in total. The molecule has 0 aromatic carbocycles. The summed E-state index contributed by atoms with van der Waals surface area (Å²) in [5.74, 6) is 1.73. The van der Waals surface area contributed by atoms with E-state index in [1.54, 1.807) is 0 Å². The molecular weight excluding hydrogens is 138 g/mol. The Bertz CT molecular complexity index is 154. The maximum absolute atomic E-state index is 5.74. The zero-order valence-corrected chi connectivity index (χ0v) is 7.18. The molecule has 0 amide bonds. The zero-order chi connectivity index (χ0) is 7.90. The molecule has 1 unspecified atom stereocenters. The SMILES string of the molecule is COC1(CN)CC[C@@H]2CC[C@@H]21. The summed E-state index contributed by atoms with van der Waals surface area (Å²) in [6.07, 6.45) is 5.29. The summed E-state index contributed by atoms with van der Waals surface area (Å²) in [6, 6.07) is 0. The fraction of sp³-hybridized carbons (Fsp3) is 1.00. The highest BCUT2D eigenvalue weighted by molar-refractivity contribution is 5.04. The van der Waals surface area contributed by atoms with E-state index in [4.69, 9.17) is 10.5 Å². The van der Waals surface area contributed by atoms with Crippen molar-refractivity contribution < 1.29 is 4.74 Å². The minimum absolute atomic E-state index is 0.0723. The third-order valence-corrected chi connectivity index (χ3v) is 3.78. The van der Waals surface area contributed by atoms with Crippen LogP contribution in [0.5, 0.6) is 0 Å². The summed E-state index contributed by atoms with van der Waals surface area (Å²) in [5, 5.41) is 0. The Morgan fingerprint density at radius 2 is 2.27 bits per heavy atom. The van der Waals surface area contributed by atoms with Crippen LogP contribution in [0.25, 0.3) is 0 Å². The van der Waals surface area contributed by atoms with E-state index < -0.39 is 0 Å². The van der Waals surface area contributed by atoms with Crippen molar-refractivity contribution in [2.75, 3.05) is 13.7 Å². The lowest BCUT2D eigenvalue weighted by Gasteiger charge is -2.41. The first-order valence-electron chi connectivity index (χ1n) is 4.57. The Balaban J connectivity index is 2.11. The highest BCUT2D eigenvalue weighted by atomic mass is 16.5. The first-order valence-corrected chi connectivity index (χ1v) is 4.57. The van der Waals surface area contributed by atoms with E-state index in [0.29, 0.717) is 6.54 Å². The molecule has 0 aromatic rings. The number of hydrogen-bond acceptors (Lipinski definition) is 2. The highest BCUT2D eigenvalue weighted by Gasteiger charge is 2.52. The monoisotopic (exact) mass is 155 g/mol. The minimum atomic E-state index is 0.0723. The molecule has 11 heavy (non-hydrogen) atoms. The maximum atomic E-state index is 5.74. The largest absolute Gasteiger partial charge is 0.377 e. The highest BCUT2D eigenvalue weighted by Crippen LogP contribution is 2.53. The maximum Gasteiger partial charge on any atom is 0.0831 e. The van der Waals surface area contributed by atoms with Gasteiger partial charge < -0.3 is 10.5 Å². The Morgan fingerprint density at radius 1 is 1.45 bits per heavy atom. The minimum Gasteiger partial charge on any atom is -0.377 e. The van der Waals surface area contributed by atoms with Crippen LogP contribution in [-0.2, 0) is 4.74 Å². The fourth-order valence-corrected chi connectivity index (χ4v) is 2.81. The molecule has 0 heterocycles. The van der Waals surface area contributed by atoms with Gasteiger partial charge in [-0.25, -0.2) is 0 Å². The van der Waals surface area contributed by atoms with Crippen LogP contribution in [0.15, 0.2) is 0 Å². The summed E-state index contributed by atoms with van der Waals surface area (Å²) in [6.45, 7) is 0.713. The Kier molecular flexibility index (Phi) is 1.69. The smallest absolute Gasteiger partial charge is 0.0831 e. The van der Waals surface area contributed by atoms with Crippen LogP contribution in [0.2, 0.25) is 0 Å². The lowest BCUT2D eigenvalue weighted by Crippen LogP contribution is -2.47. The molecule has 0 aromatic heterocycles. The van der Waals surface area contributed by atoms with Gasteiger partial charge in [0, 0.05) is 13.7 Å². The van der Waals surface area contributed by atoms with Crippen LogP contribution >= 0.6 is 0 Å².